The number of nitrogens with zero attached hydrogens (tertiary/aromatic N) is 2. The van der Waals surface area contributed by atoms with Gasteiger partial charge in [-0.15, -0.1) is 0 Å². The van der Waals surface area contributed by atoms with Crippen molar-refractivity contribution in [2.24, 2.45) is 11.8 Å². The molecule has 2 aliphatic carbocycles. The molecule has 0 aliphatic heterocycles. The lowest BCUT2D eigenvalue weighted by atomic mass is 10.1. The van der Waals surface area contributed by atoms with Crippen LogP contribution in [0.5, 0.6) is 0 Å². The van der Waals surface area contributed by atoms with Crippen LogP contribution in [0.2, 0.25) is 0 Å². The highest BCUT2D eigenvalue weighted by atomic mass is 15.1. The van der Waals surface area contributed by atoms with Gasteiger partial charge in [0.15, 0.2) is 11.0 Å². The number of aryl methyl sites for hydroxylation is 2. The van der Waals surface area contributed by atoms with E-state index in [0.717, 1.165) is 13.1 Å². The van der Waals surface area contributed by atoms with Crippen LogP contribution >= 0.6 is 0 Å². The third kappa shape index (κ3) is 3.07. The van der Waals surface area contributed by atoms with Gasteiger partial charge in [0.05, 0.1) is 13.1 Å². The average molecular weight is 303 g/mol. The summed E-state index contributed by atoms with van der Waals surface area (Å²) >= 11 is 0. The van der Waals surface area contributed by atoms with E-state index < -0.39 is 0 Å². The number of aromatic nitrogens is 2. The van der Waals surface area contributed by atoms with Crippen LogP contribution in [0, 0.1) is 11.8 Å². The van der Waals surface area contributed by atoms with Crippen molar-refractivity contribution in [2.75, 3.05) is 0 Å². The molecule has 4 rings (SSSR count). The van der Waals surface area contributed by atoms with Gasteiger partial charge in [0.1, 0.15) is 0 Å². The van der Waals surface area contributed by atoms with Crippen LogP contribution in [0.15, 0.2) is 79.2 Å². The fourth-order valence-electron chi connectivity index (χ4n) is 3.52. The predicted molar refractivity (Wildman–Crippen MR) is 94.9 cm³/mol. The SMILES string of the molecule is C1=CC(CCn2c[n+](CCC3C=CC=C3)c3ccccc32)C=C1. The summed E-state index contributed by atoms with van der Waals surface area (Å²) in [6, 6.07) is 8.76. The molecule has 2 heteroatoms. The van der Waals surface area contributed by atoms with Gasteiger partial charge >= 0.3 is 0 Å². The van der Waals surface area contributed by atoms with E-state index in [1.54, 1.807) is 0 Å². The van der Waals surface area contributed by atoms with Crippen molar-refractivity contribution in [2.45, 2.75) is 25.9 Å². The number of fused-ring (bicyclic) bond motifs is 1. The third-order valence-electron chi connectivity index (χ3n) is 4.84. The number of rotatable bonds is 6. The predicted octanol–water partition coefficient (Wildman–Crippen LogP) is 4.19. The second-order valence-electron chi connectivity index (χ2n) is 6.44. The molecule has 1 aromatic carbocycles. The van der Waals surface area contributed by atoms with Crippen molar-refractivity contribution in [3.8, 4) is 0 Å². The average Bonchev–Trinajstić information content (AvgIpc) is 3.32. The molecule has 0 saturated heterocycles. The van der Waals surface area contributed by atoms with Crippen molar-refractivity contribution in [3.63, 3.8) is 0 Å². The summed E-state index contributed by atoms with van der Waals surface area (Å²) in [6.07, 6.45) is 22.4. The number of allylic oxidation sites excluding steroid dienone is 8. The maximum atomic E-state index is 2.41. The van der Waals surface area contributed by atoms with Crippen LogP contribution < -0.4 is 4.57 Å². The highest BCUT2D eigenvalue weighted by molar-refractivity contribution is 5.71. The topological polar surface area (TPSA) is 8.81 Å². The molecule has 23 heavy (non-hydrogen) atoms. The molecular formula is C21H23N2+. The lowest BCUT2D eigenvalue weighted by Gasteiger charge is -2.03. The van der Waals surface area contributed by atoms with Crippen molar-refractivity contribution in [1.29, 1.82) is 0 Å². The van der Waals surface area contributed by atoms with E-state index in [1.807, 2.05) is 0 Å². The minimum absolute atomic E-state index is 0.596. The quantitative estimate of drug-likeness (QED) is 0.707. The minimum Gasteiger partial charge on any atom is -0.230 e. The van der Waals surface area contributed by atoms with Crippen molar-refractivity contribution < 1.29 is 4.57 Å². The van der Waals surface area contributed by atoms with E-state index in [2.05, 4.69) is 88.3 Å². The molecule has 0 amide bonds. The van der Waals surface area contributed by atoms with Crippen LogP contribution in [0.1, 0.15) is 12.8 Å². The zero-order valence-electron chi connectivity index (χ0n) is 13.4. The van der Waals surface area contributed by atoms with Gasteiger partial charge in [0.2, 0.25) is 6.33 Å². The second-order valence-corrected chi connectivity index (χ2v) is 6.44. The first-order valence-electron chi connectivity index (χ1n) is 8.57. The summed E-state index contributed by atoms with van der Waals surface area (Å²) < 4.78 is 4.82. The zero-order valence-corrected chi connectivity index (χ0v) is 13.4. The number of para-hydroxylation sites is 2. The lowest BCUT2D eigenvalue weighted by molar-refractivity contribution is -0.673. The van der Waals surface area contributed by atoms with Crippen LogP contribution in [0.4, 0.5) is 0 Å². The molecule has 0 saturated carbocycles. The normalized spacial score (nSPS) is 17.2. The summed E-state index contributed by atoms with van der Waals surface area (Å²) in [6.45, 7) is 2.13. The minimum atomic E-state index is 0.596. The Bertz CT molecular complexity index is 714. The van der Waals surface area contributed by atoms with E-state index in [-0.39, 0.29) is 0 Å². The van der Waals surface area contributed by atoms with Gasteiger partial charge in [-0.1, -0.05) is 60.7 Å². The van der Waals surface area contributed by atoms with Crippen molar-refractivity contribution in [1.82, 2.24) is 4.57 Å². The molecule has 2 aromatic rings. The van der Waals surface area contributed by atoms with E-state index in [4.69, 9.17) is 0 Å². The van der Waals surface area contributed by atoms with Gasteiger partial charge in [-0.3, -0.25) is 0 Å². The maximum Gasteiger partial charge on any atom is 0.244 e. The Labute approximate surface area is 137 Å². The molecule has 0 fully saturated rings. The first-order chi connectivity index (χ1) is 11.4. The maximum absolute atomic E-state index is 2.41. The number of hydrogen-bond acceptors (Lipinski definition) is 0. The molecule has 0 N–H and O–H groups in total. The molecule has 0 spiro atoms. The Balaban J connectivity index is 1.52. The fourth-order valence-corrected chi connectivity index (χ4v) is 3.52. The smallest absolute Gasteiger partial charge is 0.230 e. The molecule has 0 atom stereocenters. The van der Waals surface area contributed by atoms with Crippen LogP contribution in [0.3, 0.4) is 0 Å². The highest BCUT2D eigenvalue weighted by Crippen LogP contribution is 2.18. The van der Waals surface area contributed by atoms with Gasteiger partial charge in [0.25, 0.3) is 0 Å². The molecule has 0 bridgehead atoms. The van der Waals surface area contributed by atoms with Crippen LogP contribution in [-0.2, 0) is 13.1 Å². The van der Waals surface area contributed by atoms with E-state index in [0.29, 0.717) is 11.8 Å². The largest absolute Gasteiger partial charge is 0.244 e. The number of imidazole rings is 1. The number of hydrogen-bond donors (Lipinski definition) is 0. The van der Waals surface area contributed by atoms with Crippen LogP contribution in [-0.4, -0.2) is 4.57 Å². The summed E-state index contributed by atoms with van der Waals surface area (Å²) in [7, 11) is 0. The third-order valence-corrected chi connectivity index (χ3v) is 4.84. The van der Waals surface area contributed by atoms with Crippen molar-refractivity contribution >= 4 is 11.0 Å². The van der Waals surface area contributed by atoms with Gasteiger partial charge in [-0.05, 0) is 36.8 Å². The lowest BCUT2D eigenvalue weighted by Crippen LogP contribution is -2.33. The molecular weight excluding hydrogens is 280 g/mol. The van der Waals surface area contributed by atoms with Crippen molar-refractivity contribution in [3.05, 3.63) is 79.2 Å². The standard InChI is InChI=1S/C21H23N2/c1-2-8-18(7-1)13-15-22-17-23(16-14-19-9-3-4-10-19)21-12-6-5-11-20(21)22/h1-12,17-19H,13-16H2/q+1. The summed E-state index contributed by atoms with van der Waals surface area (Å²) in [5.74, 6) is 1.19. The summed E-state index contributed by atoms with van der Waals surface area (Å²) in [5.41, 5.74) is 2.69. The van der Waals surface area contributed by atoms with E-state index in [1.165, 1.54) is 23.9 Å². The second kappa shape index (κ2) is 6.41. The first-order valence-corrected chi connectivity index (χ1v) is 8.57. The van der Waals surface area contributed by atoms with Gasteiger partial charge in [-0.25, -0.2) is 9.13 Å². The Morgan fingerprint density at radius 3 is 2.22 bits per heavy atom. The molecule has 116 valence electrons. The zero-order chi connectivity index (χ0) is 15.5. The van der Waals surface area contributed by atoms with Gasteiger partial charge in [-0.2, -0.15) is 0 Å². The Hall–Kier alpha value is -2.35. The molecule has 2 nitrogen and oxygen atoms in total. The van der Waals surface area contributed by atoms with Gasteiger partial charge in [0, 0.05) is 0 Å². The summed E-state index contributed by atoms with van der Waals surface area (Å²) in [5, 5.41) is 0. The van der Waals surface area contributed by atoms with Crippen LogP contribution in [0.25, 0.3) is 11.0 Å². The van der Waals surface area contributed by atoms with E-state index >= 15 is 0 Å². The monoisotopic (exact) mass is 303 g/mol. The Kier molecular flexibility index (Phi) is 3.97. The Morgan fingerprint density at radius 2 is 1.48 bits per heavy atom. The molecule has 0 radical (unpaired) electrons. The van der Waals surface area contributed by atoms with Gasteiger partial charge < -0.3 is 0 Å². The molecule has 2 aliphatic rings. The van der Waals surface area contributed by atoms with E-state index in [9.17, 15) is 0 Å². The number of benzene rings is 1. The molecule has 1 heterocycles. The first kappa shape index (κ1) is 14.3. The summed E-state index contributed by atoms with van der Waals surface area (Å²) in [4.78, 5) is 0. The molecule has 1 aromatic heterocycles. The molecule has 0 unspecified atom stereocenters. The highest BCUT2D eigenvalue weighted by Gasteiger charge is 2.17. The fraction of sp³-hybridized carbons (Fsp3) is 0.286. The Morgan fingerprint density at radius 1 is 0.826 bits per heavy atom.